The number of aliphatic hydroxyl groups excluding tert-OH is 1. The molecule has 1 aromatic rings. The summed E-state index contributed by atoms with van der Waals surface area (Å²) in [6, 6.07) is 5.03. The maximum Gasteiger partial charge on any atom is 0.338 e. The van der Waals surface area contributed by atoms with Crippen LogP contribution in [0.1, 0.15) is 50.7 Å². The minimum atomic E-state index is -0.758. The van der Waals surface area contributed by atoms with Gasteiger partial charge in [0.2, 0.25) is 0 Å². The molecule has 6 heteroatoms. The lowest BCUT2D eigenvalue weighted by Crippen LogP contribution is -2.42. The average molecular weight is 310 g/mol. The Hall–Kier alpha value is -1.66. The van der Waals surface area contributed by atoms with Crippen LogP contribution in [-0.2, 0) is 4.84 Å². The van der Waals surface area contributed by atoms with E-state index in [2.05, 4.69) is 10.8 Å². The molecule has 0 radical (unpaired) electrons. The number of hydroxylamine groups is 1. The predicted octanol–water partition coefficient (Wildman–Crippen LogP) is 2.81. The van der Waals surface area contributed by atoms with Gasteiger partial charge in [-0.25, -0.2) is 14.7 Å². The lowest BCUT2D eigenvalue weighted by atomic mass is 10.0. The molecule has 2 rings (SSSR count). The first-order valence-corrected chi connectivity index (χ1v) is 7.70. The Morgan fingerprint density at radius 3 is 2.64 bits per heavy atom. The quantitative estimate of drug-likeness (QED) is 0.708. The first kappa shape index (κ1) is 16.7. The van der Waals surface area contributed by atoms with Crippen LogP contribution in [0.4, 0.5) is 9.18 Å². The molecule has 0 spiro atoms. The third-order valence-electron chi connectivity index (χ3n) is 3.83. The van der Waals surface area contributed by atoms with Gasteiger partial charge in [0.1, 0.15) is 5.82 Å². The summed E-state index contributed by atoms with van der Waals surface area (Å²) < 4.78 is 12.8. The summed E-state index contributed by atoms with van der Waals surface area (Å²) in [5.41, 5.74) is 3.02. The molecule has 0 heterocycles. The fourth-order valence-corrected chi connectivity index (χ4v) is 2.61. The summed E-state index contributed by atoms with van der Waals surface area (Å²) in [5.74, 6) is -0.342. The Morgan fingerprint density at radius 1 is 1.36 bits per heavy atom. The first-order valence-electron chi connectivity index (χ1n) is 7.70. The molecule has 0 aliphatic heterocycles. The molecular weight excluding hydrogens is 287 g/mol. The summed E-state index contributed by atoms with van der Waals surface area (Å²) in [6.45, 7) is 1.79. The molecule has 0 aromatic heterocycles. The molecule has 1 aromatic carbocycles. The zero-order valence-corrected chi connectivity index (χ0v) is 12.7. The van der Waals surface area contributed by atoms with Crippen molar-refractivity contribution in [1.29, 1.82) is 0 Å². The number of carbonyl (C=O) groups excluding carboxylic acids is 1. The van der Waals surface area contributed by atoms with Gasteiger partial charge in [-0.15, -0.1) is 0 Å². The van der Waals surface area contributed by atoms with Crippen LogP contribution in [0.15, 0.2) is 24.3 Å². The van der Waals surface area contributed by atoms with Crippen LogP contribution in [-0.4, -0.2) is 23.3 Å². The highest BCUT2D eigenvalue weighted by Crippen LogP contribution is 2.20. The number of aliphatic hydroxyl groups is 1. The van der Waals surface area contributed by atoms with Gasteiger partial charge in [0, 0.05) is 6.04 Å². The highest BCUT2D eigenvalue weighted by Gasteiger charge is 2.18. The number of hydrogen-bond acceptors (Lipinski definition) is 3. The van der Waals surface area contributed by atoms with Gasteiger partial charge in [-0.1, -0.05) is 25.0 Å². The van der Waals surface area contributed by atoms with E-state index < -0.39 is 12.1 Å². The summed E-state index contributed by atoms with van der Waals surface area (Å²) in [7, 11) is 0. The SMILES string of the molecule is CC(CC(O)c1ccc(F)cc1)NC(=O)NOC1CCCC1. The van der Waals surface area contributed by atoms with Crippen LogP contribution >= 0.6 is 0 Å². The van der Waals surface area contributed by atoms with E-state index in [-0.39, 0.29) is 18.0 Å². The number of hydrogen-bond donors (Lipinski definition) is 3. The molecular formula is C16H23FN2O3. The predicted molar refractivity (Wildman–Crippen MR) is 80.4 cm³/mol. The van der Waals surface area contributed by atoms with Crippen molar-refractivity contribution in [2.45, 2.75) is 57.3 Å². The maximum absolute atomic E-state index is 12.8. The summed E-state index contributed by atoms with van der Waals surface area (Å²) in [5, 5.41) is 12.8. The number of carbonyl (C=O) groups is 1. The minimum absolute atomic E-state index is 0.103. The van der Waals surface area contributed by atoms with Crippen molar-refractivity contribution >= 4 is 6.03 Å². The first-order chi connectivity index (χ1) is 10.5. The smallest absolute Gasteiger partial charge is 0.338 e. The van der Waals surface area contributed by atoms with E-state index >= 15 is 0 Å². The Morgan fingerprint density at radius 2 is 2.00 bits per heavy atom. The fraction of sp³-hybridized carbons (Fsp3) is 0.562. The van der Waals surface area contributed by atoms with Crippen LogP contribution in [0.25, 0.3) is 0 Å². The van der Waals surface area contributed by atoms with E-state index in [4.69, 9.17) is 4.84 Å². The molecule has 122 valence electrons. The molecule has 3 N–H and O–H groups in total. The molecule has 2 amide bonds. The van der Waals surface area contributed by atoms with E-state index in [1.165, 1.54) is 24.3 Å². The molecule has 2 unspecified atom stereocenters. The standard InChI is InChI=1S/C16H23FN2O3/c1-11(10-15(20)12-6-8-13(17)9-7-12)18-16(21)19-22-14-4-2-3-5-14/h6-9,11,14-15,20H,2-5,10H2,1H3,(H2,18,19,21). The van der Waals surface area contributed by atoms with Crippen molar-refractivity contribution in [3.05, 3.63) is 35.6 Å². The second-order valence-corrected chi connectivity index (χ2v) is 5.80. The van der Waals surface area contributed by atoms with Gasteiger partial charge in [0.25, 0.3) is 0 Å². The summed E-state index contributed by atoms with van der Waals surface area (Å²) >= 11 is 0. The third-order valence-corrected chi connectivity index (χ3v) is 3.83. The number of amides is 2. The number of halogens is 1. The van der Waals surface area contributed by atoms with Crippen molar-refractivity contribution in [2.24, 2.45) is 0 Å². The van der Waals surface area contributed by atoms with Crippen molar-refractivity contribution in [1.82, 2.24) is 10.8 Å². The van der Waals surface area contributed by atoms with E-state index in [1.54, 1.807) is 6.92 Å². The van der Waals surface area contributed by atoms with Gasteiger partial charge in [-0.05, 0) is 43.9 Å². The monoisotopic (exact) mass is 310 g/mol. The van der Waals surface area contributed by atoms with Crippen LogP contribution in [0, 0.1) is 5.82 Å². The second-order valence-electron chi connectivity index (χ2n) is 5.80. The Balaban J connectivity index is 1.70. The van der Waals surface area contributed by atoms with E-state index in [0.29, 0.717) is 12.0 Å². The van der Waals surface area contributed by atoms with Crippen molar-refractivity contribution < 1.29 is 19.1 Å². The van der Waals surface area contributed by atoms with E-state index in [9.17, 15) is 14.3 Å². The Kier molecular flexibility index (Phi) is 6.15. The van der Waals surface area contributed by atoms with Crippen molar-refractivity contribution in [2.75, 3.05) is 0 Å². The molecule has 1 aliphatic carbocycles. The molecule has 0 saturated heterocycles. The van der Waals surface area contributed by atoms with Crippen molar-refractivity contribution in [3.8, 4) is 0 Å². The molecule has 2 atom stereocenters. The van der Waals surface area contributed by atoms with Crippen LogP contribution in [0.3, 0.4) is 0 Å². The zero-order valence-electron chi connectivity index (χ0n) is 12.7. The van der Waals surface area contributed by atoms with E-state index in [1.807, 2.05) is 0 Å². The molecule has 22 heavy (non-hydrogen) atoms. The summed E-state index contributed by atoms with van der Waals surface area (Å²) in [4.78, 5) is 17.0. The molecule has 1 aliphatic rings. The normalized spacial score (nSPS) is 18.0. The Labute approximate surface area is 129 Å². The molecule has 1 fully saturated rings. The molecule has 5 nitrogen and oxygen atoms in total. The zero-order chi connectivity index (χ0) is 15.9. The largest absolute Gasteiger partial charge is 0.388 e. The second kappa shape index (κ2) is 8.10. The minimum Gasteiger partial charge on any atom is -0.388 e. The number of urea groups is 1. The maximum atomic E-state index is 12.8. The number of benzene rings is 1. The lowest BCUT2D eigenvalue weighted by Gasteiger charge is -2.19. The Bertz CT molecular complexity index is 475. The van der Waals surface area contributed by atoms with Gasteiger partial charge in [0.05, 0.1) is 12.2 Å². The van der Waals surface area contributed by atoms with Gasteiger partial charge >= 0.3 is 6.03 Å². The number of nitrogens with one attached hydrogen (secondary N) is 2. The van der Waals surface area contributed by atoms with Gasteiger partial charge in [-0.2, -0.15) is 0 Å². The highest BCUT2D eigenvalue weighted by molar-refractivity contribution is 5.72. The van der Waals surface area contributed by atoms with Gasteiger partial charge < -0.3 is 10.4 Å². The van der Waals surface area contributed by atoms with E-state index in [0.717, 1.165) is 25.7 Å². The third kappa shape index (κ3) is 5.27. The van der Waals surface area contributed by atoms with Gasteiger partial charge in [0.15, 0.2) is 0 Å². The topological polar surface area (TPSA) is 70.6 Å². The fourth-order valence-electron chi connectivity index (χ4n) is 2.61. The van der Waals surface area contributed by atoms with Crippen LogP contribution in [0.2, 0.25) is 0 Å². The summed E-state index contributed by atoms with van der Waals surface area (Å²) in [6.07, 6.45) is 3.89. The van der Waals surface area contributed by atoms with Crippen LogP contribution in [0.5, 0.6) is 0 Å². The van der Waals surface area contributed by atoms with Crippen LogP contribution < -0.4 is 10.8 Å². The van der Waals surface area contributed by atoms with Gasteiger partial charge in [-0.3, -0.25) is 4.84 Å². The highest BCUT2D eigenvalue weighted by atomic mass is 19.1. The molecule has 0 bridgehead atoms. The number of rotatable bonds is 6. The molecule has 1 saturated carbocycles. The van der Waals surface area contributed by atoms with Crippen molar-refractivity contribution in [3.63, 3.8) is 0 Å². The lowest BCUT2D eigenvalue weighted by molar-refractivity contribution is -0.000653. The average Bonchev–Trinajstić information content (AvgIpc) is 2.99.